The van der Waals surface area contributed by atoms with Gasteiger partial charge in [0.1, 0.15) is 5.82 Å². The molecule has 1 aromatic heterocycles. The molecule has 1 N–H and O–H groups in total. The largest absolute Gasteiger partial charge is 0.503 e. The van der Waals surface area contributed by atoms with E-state index in [0.29, 0.717) is 0 Å². The first-order valence-corrected chi connectivity index (χ1v) is 7.62. The Kier molecular flexibility index (Phi) is 4.67. The second-order valence-corrected chi connectivity index (χ2v) is 5.48. The highest BCUT2D eigenvalue weighted by Gasteiger charge is 2.45. The van der Waals surface area contributed by atoms with Crippen molar-refractivity contribution in [1.29, 1.82) is 0 Å². The third-order valence-corrected chi connectivity index (χ3v) is 4.03. The average Bonchev–Trinajstić information content (AvgIpc) is 3.22. The number of ketones is 1. The van der Waals surface area contributed by atoms with Gasteiger partial charge in [-0.25, -0.2) is 4.39 Å². The number of furan rings is 1. The number of methoxy groups -OCH3 is 1. The summed E-state index contributed by atoms with van der Waals surface area (Å²) in [6, 6.07) is 7.70. The predicted octanol–water partition coefficient (Wildman–Crippen LogP) is 2.64. The lowest BCUT2D eigenvalue weighted by Crippen LogP contribution is -2.34. The van der Waals surface area contributed by atoms with Crippen LogP contribution in [0.25, 0.3) is 0 Å². The zero-order valence-electron chi connectivity index (χ0n) is 13.4. The van der Waals surface area contributed by atoms with E-state index in [1.165, 1.54) is 48.6 Å². The van der Waals surface area contributed by atoms with Crippen LogP contribution in [0.4, 0.5) is 4.39 Å². The van der Waals surface area contributed by atoms with Crippen molar-refractivity contribution >= 4 is 11.7 Å². The summed E-state index contributed by atoms with van der Waals surface area (Å²) in [6.45, 7) is 0.263. The van der Waals surface area contributed by atoms with Gasteiger partial charge >= 0.3 is 0 Å². The molecule has 0 fully saturated rings. The van der Waals surface area contributed by atoms with Crippen molar-refractivity contribution in [1.82, 2.24) is 4.90 Å². The number of nitrogens with zero attached hydrogens (tertiary/aromatic N) is 1. The second kappa shape index (κ2) is 6.90. The van der Waals surface area contributed by atoms with E-state index in [2.05, 4.69) is 0 Å². The molecule has 7 heteroatoms. The summed E-state index contributed by atoms with van der Waals surface area (Å²) in [7, 11) is 1.46. The Labute approximate surface area is 143 Å². The Morgan fingerprint density at radius 3 is 2.72 bits per heavy atom. The molecule has 1 aliphatic rings. The van der Waals surface area contributed by atoms with E-state index >= 15 is 0 Å². The second-order valence-electron chi connectivity index (χ2n) is 5.48. The third kappa shape index (κ3) is 2.94. The molecule has 0 bridgehead atoms. The van der Waals surface area contributed by atoms with Crippen LogP contribution in [0, 0.1) is 5.82 Å². The maximum absolute atomic E-state index is 14.4. The minimum Gasteiger partial charge on any atom is -0.503 e. The molecule has 1 aromatic carbocycles. The number of ether oxygens (including phenoxy) is 1. The Morgan fingerprint density at radius 2 is 2.08 bits per heavy atom. The molecule has 1 atom stereocenters. The number of benzene rings is 1. The summed E-state index contributed by atoms with van der Waals surface area (Å²) < 4.78 is 24.4. The van der Waals surface area contributed by atoms with Crippen LogP contribution in [0.3, 0.4) is 0 Å². The van der Waals surface area contributed by atoms with Crippen LogP contribution >= 0.6 is 0 Å². The lowest BCUT2D eigenvalue weighted by molar-refractivity contribution is -0.130. The molecule has 3 rings (SSSR count). The highest BCUT2D eigenvalue weighted by Crippen LogP contribution is 2.39. The van der Waals surface area contributed by atoms with Crippen LogP contribution in [0.15, 0.2) is 58.4 Å². The van der Waals surface area contributed by atoms with E-state index in [4.69, 9.17) is 9.15 Å². The molecule has 6 nitrogen and oxygen atoms in total. The van der Waals surface area contributed by atoms with Crippen molar-refractivity contribution in [3.8, 4) is 0 Å². The smallest absolute Gasteiger partial charge is 0.290 e. The number of carbonyl (C=O) groups is 2. The van der Waals surface area contributed by atoms with E-state index in [0.717, 1.165) is 0 Å². The topological polar surface area (TPSA) is 80.0 Å². The monoisotopic (exact) mass is 345 g/mol. The minimum atomic E-state index is -1.05. The Morgan fingerprint density at radius 1 is 1.32 bits per heavy atom. The molecular weight excluding hydrogens is 329 g/mol. The summed E-state index contributed by atoms with van der Waals surface area (Å²) in [5, 5.41) is 10.3. The molecule has 0 aliphatic carbocycles. The Balaban J connectivity index is 2.10. The fraction of sp³-hybridized carbons (Fsp3) is 0.222. The van der Waals surface area contributed by atoms with Crippen LogP contribution in [0.1, 0.15) is 22.2 Å². The molecule has 0 spiro atoms. The molecular formula is C18H16FNO5. The van der Waals surface area contributed by atoms with Gasteiger partial charge in [0.15, 0.2) is 11.5 Å². The lowest BCUT2D eigenvalue weighted by Gasteiger charge is -2.26. The number of rotatable bonds is 6. The summed E-state index contributed by atoms with van der Waals surface area (Å²) in [5.41, 5.74) is -0.0907. The number of halogens is 1. The molecule has 0 saturated carbocycles. The van der Waals surface area contributed by atoms with Crippen LogP contribution in [0.5, 0.6) is 0 Å². The van der Waals surface area contributed by atoms with Gasteiger partial charge in [0, 0.05) is 19.2 Å². The number of amides is 1. The third-order valence-electron chi connectivity index (χ3n) is 4.03. The van der Waals surface area contributed by atoms with E-state index in [1.807, 2.05) is 0 Å². The standard InChI is InChI=1S/C18H16FNO5/c1-24-10-8-20-15(11-5-2-3-6-12(11)19)14(17(22)18(20)23)16(21)13-7-4-9-25-13/h2-7,9,15,22H,8,10H2,1H3/t15-/m0/s1. The van der Waals surface area contributed by atoms with Crippen LogP contribution < -0.4 is 0 Å². The number of hydrogen-bond donors (Lipinski definition) is 1. The molecule has 2 heterocycles. The maximum atomic E-state index is 14.4. The first-order chi connectivity index (χ1) is 12.1. The molecule has 25 heavy (non-hydrogen) atoms. The Hall–Kier alpha value is -2.93. The zero-order chi connectivity index (χ0) is 18.0. The highest BCUT2D eigenvalue weighted by atomic mass is 19.1. The summed E-state index contributed by atoms with van der Waals surface area (Å²) in [4.78, 5) is 26.4. The number of carbonyl (C=O) groups excluding carboxylic acids is 2. The van der Waals surface area contributed by atoms with E-state index in [-0.39, 0.29) is 30.0 Å². The minimum absolute atomic E-state index is 0.0377. The van der Waals surface area contributed by atoms with Gasteiger partial charge < -0.3 is 19.2 Å². The lowest BCUT2D eigenvalue weighted by atomic mass is 9.94. The average molecular weight is 345 g/mol. The zero-order valence-corrected chi connectivity index (χ0v) is 13.4. The molecule has 0 saturated heterocycles. The van der Waals surface area contributed by atoms with Gasteiger partial charge in [-0.05, 0) is 18.2 Å². The number of aliphatic hydroxyl groups excluding tert-OH is 1. The van der Waals surface area contributed by atoms with Crippen molar-refractivity contribution in [3.05, 3.63) is 71.1 Å². The van der Waals surface area contributed by atoms with E-state index < -0.39 is 29.3 Å². The van der Waals surface area contributed by atoms with Crippen molar-refractivity contribution in [2.45, 2.75) is 6.04 Å². The van der Waals surface area contributed by atoms with Crippen LogP contribution in [-0.2, 0) is 9.53 Å². The Bertz CT molecular complexity index is 828. The number of hydrogen-bond acceptors (Lipinski definition) is 5. The van der Waals surface area contributed by atoms with Gasteiger partial charge in [-0.2, -0.15) is 0 Å². The van der Waals surface area contributed by atoms with Gasteiger partial charge in [0.05, 0.1) is 24.5 Å². The van der Waals surface area contributed by atoms with Crippen LogP contribution in [0.2, 0.25) is 0 Å². The normalized spacial score (nSPS) is 17.4. The number of Topliss-reactive ketones (excluding diaryl/α,β-unsaturated/α-hetero) is 1. The quantitative estimate of drug-likeness (QED) is 0.814. The fourth-order valence-corrected chi connectivity index (χ4v) is 2.87. The van der Waals surface area contributed by atoms with Gasteiger partial charge in [-0.1, -0.05) is 18.2 Å². The first kappa shape index (κ1) is 16.9. The first-order valence-electron chi connectivity index (χ1n) is 7.62. The number of aliphatic hydroxyl groups is 1. The highest BCUT2D eigenvalue weighted by molar-refractivity contribution is 6.15. The van der Waals surface area contributed by atoms with Gasteiger partial charge in [-0.3, -0.25) is 9.59 Å². The van der Waals surface area contributed by atoms with Crippen LogP contribution in [-0.4, -0.2) is 42.0 Å². The van der Waals surface area contributed by atoms with Gasteiger partial charge in [0.25, 0.3) is 5.91 Å². The summed E-state index contributed by atoms with van der Waals surface area (Å²) in [5.74, 6) is -2.73. The SMILES string of the molecule is COCCN1C(=O)C(O)=C(C(=O)c2ccco2)[C@@H]1c1ccccc1F. The summed E-state index contributed by atoms with van der Waals surface area (Å²) >= 11 is 0. The predicted molar refractivity (Wildman–Crippen MR) is 85.4 cm³/mol. The van der Waals surface area contributed by atoms with E-state index in [1.54, 1.807) is 6.07 Å². The molecule has 0 unspecified atom stereocenters. The van der Waals surface area contributed by atoms with Gasteiger partial charge in [-0.15, -0.1) is 0 Å². The van der Waals surface area contributed by atoms with Crippen molar-refractivity contribution in [3.63, 3.8) is 0 Å². The van der Waals surface area contributed by atoms with E-state index in [9.17, 15) is 19.1 Å². The summed E-state index contributed by atoms with van der Waals surface area (Å²) in [6.07, 6.45) is 1.31. The van der Waals surface area contributed by atoms with Crippen molar-refractivity contribution in [2.24, 2.45) is 0 Å². The molecule has 2 aromatic rings. The molecule has 130 valence electrons. The molecule has 1 amide bonds. The molecule has 0 radical (unpaired) electrons. The molecule has 1 aliphatic heterocycles. The van der Waals surface area contributed by atoms with Crippen molar-refractivity contribution in [2.75, 3.05) is 20.3 Å². The fourth-order valence-electron chi connectivity index (χ4n) is 2.87. The van der Waals surface area contributed by atoms with Crippen molar-refractivity contribution < 1.29 is 28.2 Å². The maximum Gasteiger partial charge on any atom is 0.290 e. The van der Waals surface area contributed by atoms with Gasteiger partial charge in [0.2, 0.25) is 5.78 Å².